The van der Waals surface area contributed by atoms with Gasteiger partial charge in [-0.05, 0) is 93.2 Å². The Labute approximate surface area is 234 Å². The Hall–Kier alpha value is -3.08. The molecule has 2 aromatic rings. The molecule has 1 N–H and O–H groups in total. The Bertz CT molecular complexity index is 1360. The molecule has 0 saturated carbocycles. The van der Waals surface area contributed by atoms with E-state index in [0.717, 1.165) is 37.9 Å². The molecule has 3 nitrogen and oxygen atoms in total. The summed E-state index contributed by atoms with van der Waals surface area (Å²) in [6.07, 6.45) is 17.6. The zero-order chi connectivity index (χ0) is 27.5. The second-order valence-electron chi connectivity index (χ2n) is 11.8. The molecule has 3 aliphatic rings. The van der Waals surface area contributed by atoms with Crippen LogP contribution in [0.4, 0.5) is 0 Å². The normalized spacial score (nSPS) is 19.7. The maximum absolute atomic E-state index is 10.3. The Kier molecular flexibility index (Phi) is 8.16. The quantitative estimate of drug-likeness (QED) is 0.315. The highest BCUT2D eigenvalue weighted by Crippen LogP contribution is 2.43. The maximum atomic E-state index is 10.3. The van der Waals surface area contributed by atoms with Crippen LogP contribution in [0.5, 0.6) is 0 Å². The Morgan fingerprint density at radius 2 is 1.77 bits per heavy atom. The van der Waals surface area contributed by atoms with E-state index in [1.165, 1.54) is 51.0 Å². The summed E-state index contributed by atoms with van der Waals surface area (Å²) >= 11 is 0. The van der Waals surface area contributed by atoms with Crippen LogP contribution in [0, 0.1) is 0 Å². The summed E-state index contributed by atoms with van der Waals surface area (Å²) in [5, 5.41) is 10.3. The number of fused-ring (bicyclic) bond motifs is 3. The molecule has 0 unspecified atom stereocenters. The molecule has 1 heterocycles. The first-order valence-electron chi connectivity index (χ1n) is 14.4. The number of ether oxygens (including phenoxy) is 1. The molecule has 0 spiro atoms. The molecule has 1 aliphatic heterocycles. The minimum atomic E-state index is -0.913. The predicted molar refractivity (Wildman–Crippen MR) is 164 cm³/mol. The van der Waals surface area contributed by atoms with E-state index in [1.807, 2.05) is 19.8 Å². The van der Waals surface area contributed by atoms with Crippen molar-refractivity contribution in [3.63, 3.8) is 0 Å². The summed E-state index contributed by atoms with van der Waals surface area (Å²) in [7, 11) is 0.441. The molecule has 0 aromatic heterocycles. The first-order chi connectivity index (χ1) is 18.7. The molecule has 2 aliphatic carbocycles. The van der Waals surface area contributed by atoms with Gasteiger partial charge in [-0.1, -0.05) is 78.8 Å². The molecule has 2 aromatic carbocycles. The number of aliphatic hydroxyl groups is 1. The van der Waals surface area contributed by atoms with Crippen LogP contribution in [0.2, 0.25) is 0 Å². The summed E-state index contributed by atoms with van der Waals surface area (Å²) < 4.78 is 12.1. The molecule has 0 atom stereocenters. The average Bonchev–Trinajstić information content (AvgIpc) is 3.33. The average molecular weight is 521 g/mol. The molecule has 5 rings (SSSR count). The van der Waals surface area contributed by atoms with Crippen molar-refractivity contribution in [2.24, 2.45) is 0 Å². The summed E-state index contributed by atoms with van der Waals surface area (Å²) in [5.41, 5.74) is 9.00. The summed E-state index contributed by atoms with van der Waals surface area (Å²) in [6, 6.07) is 15.9. The predicted octanol–water partition coefficient (Wildman–Crippen LogP) is 7.61. The van der Waals surface area contributed by atoms with E-state index >= 15 is 0 Å². The first kappa shape index (κ1) is 27.5. The maximum Gasteiger partial charge on any atom is 0.302 e. The lowest BCUT2D eigenvalue weighted by atomic mass is 9.84. The van der Waals surface area contributed by atoms with Gasteiger partial charge in [-0.15, -0.1) is 0 Å². The van der Waals surface area contributed by atoms with Crippen molar-refractivity contribution < 1.29 is 14.5 Å². The van der Waals surface area contributed by atoms with Crippen LogP contribution < -0.4 is 0 Å². The molecular formula is C35H41BO3. The van der Waals surface area contributed by atoms with E-state index in [2.05, 4.69) is 72.8 Å². The van der Waals surface area contributed by atoms with Crippen molar-refractivity contribution in [1.29, 1.82) is 0 Å². The van der Waals surface area contributed by atoms with Crippen LogP contribution in [0.25, 0.3) is 16.7 Å². The fourth-order valence-corrected chi connectivity index (χ4v) is 5.46. The summed E-state index contributed by atoms with van der Waals surface area (Å²) in [5.74, 6) is 3.11. The number of hydrogen-bond donors (Lipinski definition) is 1. The van der Waals surface area contributed by atoms with Crippen LogP contribution in [0.1, 0.15) is 70.1 Å². The highest BCUT2D eigenvalue weighted by atomic mass is 16.5. The molecule has 0 fully saturated rings. The van der Waals surface area contributed by atoms with Gasteiger partial charge in [-0.2, -0.15) is 0 Å². The van der Waals surface area contributed by atoms with Crippen molar-refractivity contribution in [2.75, 3.05) is 6.61 Å². The van der Waals surface area contributed by atoms with Gasteiger partial charge in [-0.25, -0.2) is 0 Å². The monoisotopic (exact) mass is 520 g/mol. The number of rotatable bonds is 6. The molecule has 0 saturated heterocycles. The zero-order valence-corrected chi connectivity index (χ0v) is 23.9. The van der Waals surface area contributed by atoms with Crippen LogP contribution in [0.15, 0.2) is 95.7 Å². The van der Waals surface area contributed by atoms with Gasteiger partial charge in [0, 0.05) is 17.6 Å². The second kappa shape index (κ2) is 11.6. The third-order valence-electron chi connectivity index (χ3n) is 8.48. The van der Waals surface area contributed by atoms with Crippen molar-refractivity contribution >= 4 is 13.1 Å². The lowest BCUT2D eigenvalue weighted by molar-refractivity contribution is -0.0894. The van der Waals surface area contributed by atoms with Crippen LogP contribution in [0.3, 0.4) is 0 Å². The van der Waals surface area contributed by atoms with E-state index < -0.39 is 11.2 Å². The molecule has 39 heavy (non-hydrogen) atoms. The third kappa shape index (κ3) is 6.08. The number of aryl methyl sites for hydroxylation is 1. The highest BCUT2D eigenvalue weighted by molar-refractivity contribution is 6.34. The molecule has 4 heteroatoms. The topological polar surface area (TPSA) is 38.7 Å². The Morgan fingerprint density at radius 3 is 2.62 bits per heavy atom. The highest BCUT2D eigenvalue weighted by Gasteiger charge is 2.35. The lowest BCUT2D eigenvalue weighted by Crippen LogP contribution is -2.47. The number of benzene rings is 2. The summed E-state index contributed by atoms with van der Waals surface area (Å²) in [6.45, 7) is 7.99. The third-order valence-corrected chi connectivity index (χ3v) is 8.48. The number of allylic oxidation sites excluding steroid dienone is 7. The van der Waals surface area contributed by atoms with Crippen LogP contribution in [-0.2, 0) is 22.2 Å². The van der Waals surface area contributed by atoms with Gasteiger partial charge in [-0.3, -0.25) is 0 Å². The van der Waals surface area contributed by atoms with Gasteiger partial charge in [0.1, 0.15) is 12.4 Å². The fourth-order valence-electron chi connectivity index (χ4n) is 5.46. The van der Waals surface area contributed by atoms with Gasteiger partial charge in [0.15, 0.2) is 0 Å². The van der Waals surface area contributed by atoms with Crippen LogP contribution in [-0.4, -0.2) is 30.4 Å². The van der Waals surface area contributed by atoms with Gasteiger partial charge in [0.2, 0.25) is 0 Å². The molecule has 0 amide bonds. The fraction of sp³-hybridized carbons (Fsp3) is 0.371. The molecular weight excluding hydrogens is 479 g/mol. The van der Waals surface area contributed by atoms with Gasteiger partial charge in [0.25, 0.3) is 0 Å². The zero-order valence-electron chi connectivity index (χ0n) is 23.9. The second-order valence-corrected chi connectivity index (χ2v) is 11.8. The first-order valence-corrected chi connectivity index (χ1v) is 14.4. The summed E-state index contributed by atoms with van der Waals surface area (Å²) in [4.78, 5) is 0. The van der Waals surface area contributed by atoms with Crippen molar-refractivity contribution in [3.8, 4) is 11.1 Å². The minimum Gasteiger partial charge on any atom is -0.493 e. The van der Waals surface area contributed by atoms with Crippen LogP contribution >= 0.6 is 0 Å². The Morgan fingerprint density at radius 1 is 0.949 bits per heavy atom. The van der Waals surface area contributed by atoms with Crippen molar-refractivity contribution in [2.45, 2.75) is 77.4 Å². The SMILES string of the molecule is CC(C)(O)C(C)(C)OB/C=C/C=C1\COC2=C1C(c1ccc3c(c1)C/C=C\CCCc1ccccc1-3)=CCC2. The molecule has 0 bridgehead atoms. The van der Waals surface area contributed by atoms with E-state index in [-0.39, 0.29) is 0 Å². The van der Waals surface area contributed by atoms with Gasteiger partial charge < -0.3 is 14.5 Å². The van der Waals surface area contributed by atoms with E-state index in [9.17, 15) is 5.11 Å². The molecule has 0 radical (unpaired) electrons. The largest absolute Gasteiger partial charge is 0.493 e. The van der Waals surface area contributed by atoms with Crippen molar-refractivity contribution in [3.05, 3.63) is 112 Å². The molecule has 202 valence electrons. The van der Waals surface area contributed by atoms with Crippen molar-refractivity contribution in [1.82, 2.24) is 0 Å². The van der Waals surface area contributed by atoms with E-state index in [1.54, 1.807) is 13.8 Å². The van der Waals surface area contributed by atoms with E-state index in [0.29, 0.717) is 14.1 Å². The smallest absolute Gasteiger partial charge is 0.302 e. The minimum absolute atomic E-state index is 0.441. The number of hydrogen-bond acceptors (Lipinski definition) is 3. The van der Waals surface area contributed by atoms with E-state index in [4.69, 9.17) is 9.39 Å². The van der Waals surface area contributed by atoms with Gasteiger partial charge in [0.05, 0.1) is 11.2 Å². The lowest BCUT2D eigenvalue weighted by Gasteiger charge is -2.37. The Balaban J connectivity index is 1.41. The standard InChI is InChI=1S/C35H41BO3/c1-34(2,37)35(3,4)39-36-22-12-16-28-24-38-32-19-11-18-31(33(28)32)27-20-21-30-26(23-27)15-8-6-5-7-13-25-14-9-10-17-29(25)30/h6,8-10,12,14,16-18,20-23,36-37H,5,7,11,13,15,19,24H2,1-4H3/b8-6-,22-12+,28-16+. The van der Waals surface area contributed by atoms with Gasteiger partial charge >= 0.3 is 7.48 Å².